The van der Waals surface area contributed by atoms with Gasteiger partial charge in [-0.25, -0.2) is 9.18 Å². The predicted molar refractivity (Wildman–Crippen MR) is 173 cm³/mol. The first-order chi connectivity index (χ1) is 22.3. The van der Waals surface area contributed by atoms with E-state index in [1.807, 2.05) is 42.5 Å². The van der Waals surface area contributed by atoms with E-state index in [1.165, 1.54) is 18.2 Å². The van der Waals surface area contributed by atoms with Gasteiger partial charge in [-0.2, -0.15) is 0 Å². The van der Waals surface area contributed by atoms with E-state index < -0.39 is 18.0 Å². The molecule has 4 aromatic carbocycles. The molecule has 1 fully saturated rings. The number of anilines is 2. The van der Waals surface area contributed by atoms with Crippen molar-refractivity contribution in [2.75, 3.05) is 24.3 Å². The van der Waals surface area contributed by atoms with Crippen molar-refractivity contribution in [1.29, 1.82) is 0 Å². The lowest BCUT2D eigenvalue weighted by molar-refractivity contribution is -0.134. The Kier molecular flexibility index (Phi) is 9.25. The van der Waals surface area contributed by atoms with Crippen LogP contribution in [0, 0.1) is 5.82 Å². The molecule has 46 heavy (non-hydrogen) atoms. The minimum absolute atomic E-state index is 0.0401. The Balaban J connectivity index is 1.03. The first kappa shape index (κ1) is 30.8. The summed E-state index contributed by atoms with van der Waals surface area (Å²) in [4.78, 5) is 40.5. The Morgan fingerprint density at radius 3 is 2.41 bits per heavy atom. The van der Waals surface area contributed by atoms with Crippen molar-refractivity contribution >= 4 is 29.2 Å². The van der Waals surface area contributed by atoms with Crippen LogP contribution in [0.2, 0.25) is 0 Å². The number of hydrogen-bond acceptors (Lipinski definition) is 5. The topological polar surface area (TPSA) is 109 Å². The zero-order valence-corrected chi connectivity index (χ0v) is 25.4. The number of urea groups is 1. The monoisotopic (exact) mass is 622 g/mol. The van der Waals surface area contributed by atoms with Crippen molar-refractivity contribution in [2.45, 2.75) is 44.1 Å². The third-order valence-corrected chi connectivity index (χ3v) is 8.36. The summed E-state index contributed by atoms with van der Waals surface area (Å²) in [5.74, 6) is -0.576. The van der Waals surface area contributed by atoms with Gasteiger partial charge < -0.3 is 30.3 Å². The fourth-order valence-electron chi connectivity index (χ4n) is 5.88. The second kappa shape index (κ2) is 13.8. The number of likely N-dealkylation sites (N-methyl/N-ethyl adjacent to an activating group) is 1. The van der Waals surface area contributed by atoms with Crippen LogP contribution in [0.15, 0.2) is 97.1 Å². The van der Waals surface area contributed by atoms with E-state index in [0.29, 0.717) is 36.4 Å². The lowest BCUT2D eigenvalue weighted by Gasteiger charge is -2.42. The molecule has 10 heteroatoms. The van der Waals surface area contributed by atoms with E-state index >= 15 is 0 Å². The number of hydrogen-bond donors (Lipinski definition) is 3. The number of amides is 4. The molecule has 4 aromatic rings. The standard InChI is InChI=1S/C36H35FN4O5/c1-41-31-17-16-27(20-34(42)38-21-23-11-13-25(14-12-23)24-7-3-2-4-8-24)46-33(31)22-45-32-18-15-26(19-28(32)35(41)43)39-36(44)40-30-10-6-5-9-29(30)37/h2-15,18-19,27,31,33H,16-17,20-22H2,1H3,(H,38,42)(H2,39,40,44)/t27-,31-,33+/m1/s1. The van der Waals surface area contributed by atoms with E-state index in [9.17, 15) is 18.8 Å². The normalized spacial score (nSPS) is 19.0. The number of para-hydroxylation sites is 1. The molecule has 0 radical (unpaired) electrons. The molecule has 6 rings (SSSR count). The third-order valence-electron chi connectivity index (χ3n) is 8.36. The Bertz CT molecular complexity index is 1720. The highest BCUT2D eigenvalue weighted by Gasteiger charge is 2.39. The van der Waals surface area contributed by atoms with E-state index in [-0.39, 0.29) is 42.7 Å². The summed E-state index contributed by atoms with van der Waals surface area (Å²) in [6.07, 6.45) is 0.760. The van der Waals surface area contributed by atoms with Gasteiger partial charge in [0, 0.05) is 19.3 Å². The Morgan fingerprint density at radius 1 is 0.891 bits per heavy atom. The average Bonchev–Trinajstić information content (AvgIpc) is 3.07. The molecule has 3 N–H and O–H groups in total. The molecule has 2 heterocycles. The smallest absolute Gasteiger partial charge is 0.323 e. The van der Waals surface area contributed by atoms with Gasteiger partial charge in [0.15, 0.2) is 0 Å². The largest absolute Gasteiger partial charge is 0.490 e. The molecule has 0 saturated carbocycles. The SMILES string of the molecule is CN1C(=O)c2cc(NC(=O)Nc3ccccc3F)ccc2OC[C@@H]2O[C@@H](CC(=O)NCc3ccc(-c4ccccc4)cc3)CC[C@H]21. The van der Waals surface area contributed by atoms with Crippen molar-refractivity contribution in [3.05, 3.63) is 114 Å². The summed E-state index contributed by atoms with van der Waals surface area (Å²) in [5.41, 5.74) is 3.96. The highest BCUT2D eigenvalue weighted by molar-refractivity contribution is 6.02. The molecular weight excluding hydrogens is 587 g/mol. The van der Waals surface area contributed by atoms with Crippen LogP contribution in [-0.4, -0.2) is 54.6 Å². The number of halogens is 1. The second-order valence-corrected chi connectivity index (χ2v) is 11.5. The van der Waals surface area contributed by atoms with Gasteiger partial charge in [0.1, 0.15) is 24.3 Å². The minimum Gasteiger partial charge on any atom is -0.490 e. The van der Waals surface area contributed by atoms with Crippen molar-refractivity contribution in [3.8, 4) is 16.9 Å². The summed E-state index contributed by atoms with van der Waals surface area (Å²) < 4.78 is 26.3. The summed E-state index contributed by atoms with van der Waals surface area (Å²) in [5, 5.41) is 8.10. The van der Waals surface area contributed by atoms with Crippen LogP contribution in [0.4, 0.5) is 20.6 Å². The molecule has 9 nitrogen and oxygen atoms in total. The van der Waals surface area contributed by atoms with Gasteiger partial charge in [-0.3, -0.25) is 9.59 Å². The van der Waals surface area contributed by atoms with Gasteiger partial charge in [-0.15, -0.1) is 0 Å². The lowest BCUT2D eigenvalue weighted by Crippen LogP contribution is -2.53. The summed E-state index contributed by atoms with van der Waals surface area (Å²) in [6.45, 7) is 0.618. The zero-order chi connectivity index (χ0) is 32.0. The van der Waals surface area contributed by atoms with E-state index in [0.717, 1.165) is 16.7 Å². The van der Waals surface area contributed by atoms with Crippen LogP contribution in [0.5, 0.6) is 5.75 Å². The Morgan fingerprint density at radius 2 is 1.63 bits per heavy atom. The maximum atomic E-state index is 13.9. The van der Waals surface area contributed by atoms with Crippen molar-refractivity contribution < 1.29 is 28.2 Å². The Hall–Kier alpha value is -5.22. The molecule has 2 aliphatic heterocycles. The van der Waals surface area contributed by atoms with Crippen LogP contribution in [0.1, 0.15) is 35.2 Å². The molecule has 0 aliphatic carbocycles. The number of benzene rings is 4. The fraction of sp³-hybridized carbons (Fsp3) is 0.250. The molecule has 0 aromatic heterocycles. The number of nitrogens with zero attached hydrogens (tertiary/aromatic N) is 1. The summed E-state index contributed by atoms with van der Waals surface area (Å²) in [6, 6.07) is 28.0. The molecule has 4 amide bonds. The molecule has 236 valence electrons. The van der Waals surface area contributed by atoms with Crippen LogP contribution < -0.4 is 20.7 Å². The lowest BCUT2D eigenvalue weighted by atomic mass is 9.94. The minimum atomic E-state index is -0.644. The van der Waals surface area contributed by atoms with Crippen molar-refractivity contribution in [1.82, 2.24) is 10.2 Å². The summed E-state index contributed by atoms with van der Waals surface area (Å²) in [7, 11) is 1.72. The molecule has 2 aliphatic rings. The quantitative estimate of drug-likeness (QED) is 0.227. The van der Waals surface area contributed by atoms with Crippen LogP contribution >= 0.6 is 0 Å². The molecule has 0 bridgehead atoms. The molecule has 0 spiro atoms. The van der Waals surface area contributed by atoms with Gasteiger partial charge in [0.25, 0.3) is 5.91 Å². The fourth-order valence-corrected chi connectivity index (χ4v) is 5.88. The molecular formula is C36H35FN4O5. The van der Waals surface area contributed by atoms with E-state index in [1.54, 1.807) is 36.2 Å². The summed E-state index contributed by atoms with van der Waals surface area (Å²) >= 11 is 0. The maximum Gasteiger partial charge on any atom is 0.323 e. The highest BCUT2D eigenvalue weighted by Crippen LogP contribution is 2.32. The third kappa shape index (κ3) is 7.18. The zero-order valence-electron chi connectivity index (χ0n) is 25.4. The van der Waals surface area contributed by atoms with Crippen molar-refractivity contribution in [2.24, 2.45) is 0 Å². The Labute approximate surface area is 266 Å². The van der Waals surface area contributed by atoms with Crippen LogP contribution in [-0.2, 0) is 16.1 Å². The predicted octanol–water partition coefficient (Wildman–Crippen LogP) is 6.22. The van der Waals surface area contributed by atoms with Gasteiger partial charge in [-0.1, -0.05) is 66.7 Å². The number of fused-ring (bicyclic) bond motifs is 2. The van der Waals surface area contributed by atoms with Crippen molar-refractivity contribution in [3.63, 3.8) is 0 Å². The number of carbonyl (C=O) groups is 3. The van der Waals surface area contributed by atoms with Crippen LogP contribution in [0.25, 0.3) is 11.1 Å². The maximum absolute atomic E-state index is 13.9. The number of nitrogens with one attached hydrogen (secondary N) is 3. The van der Waals surface area contributed by atoms with E-state index in [2.05, 4.69) is 28.1 Å². The van der Waals surface area contributed by atoms with Crippen LogP contribution in [0.3, 0.4) is 0 Å². The average molecular weight is 623 g/mol. The van der Waals surface area contributed by atoms with Gasteiger partial charge in [0.2, 0.25) is 5.91 Å². The molecule has 1 saturated heterocycles. The van der Waals surface area contributed by atoms with Gasteiger partial charge >= 0.3 is 6.03 Å². The number of ether oxygens (including phenoxy) is 2. The van der Waals surface area contributed by atoms with Gasteiger partial charge in [0.05, 0.1) is 29.8 Å². The van der Waals surface area contributed by atoms with Gasteiger partial charge in [-0.05, 0) is 59.9 Å². The number of rotatable bonds is 7. The molecule has 0 unspecified atom stereocenters. The first-order valence-electron chi connectivity index (χ1n) is 15.3. The van der Waals surface area contributed by atoms with E-state index in [4.69, 9.17) is 9.47 Å². The number of carbonyl (C=O) groups excluding carboxylic acids is 3. The second-order valence-electron chi connectivity index (χ2n) is 11.5. The highest BCUT2D eigenvalue weighted by atomic mass is 19.1. The first-order valence-corrected chi connectivity index (χ1v) is 15.3. The molecule has 3 atom stereocenters.